The van der Waals surface area contributed by atoms with Gasteiger partial charge in [-0.2, -0.15) is 0 Å². The van der Waals surface area contributed by atoms with Gasteiger partial charge in [-0.25, -0.2) is 4.79 Å². The van der Waals surface area contributed by atoms with Gasteiger partial charge in [0, 0.05) is 44.5 Å². The van der Waals surface area contributed by atoms with Crippen LogP contribution in [0.3, 0.4) is 0 Å². The molecule has 2 heterocycles. The molecule has 0 bridgehead atoms. The molecule has 0 saturated carbocycles. The fourth-order valence-electron chi connectivity index (χ4n) is 4.39. The quantitative estimate of drug-likeness (QED) is 0.752. The zero-order chi connectivity index (χ0) is 22.7. The van der Waals surface area contributed by atoms with Crippen molar-refractivity contribution in [3.63, 3.8) is 0 Å². The van der Waals surface area contributed by atoms with Gasteiger partial charge in [-0.3, -0.25) is 9.59 Å². The van der Waals surface area contributed by atoms with E-state index in [4.69, 9.17) is 0 Å². The number of aryl methyl sites for hydroxylation is 2. The van der Waals surface area contributed by atoms with Gasteiger partial charge in [-0.1, -0.05) is 48.0 Å². The second-order valence-corrected chi connectivity index (χ2v) is 8.67. The van der Waals surface area contributed by atoms with Crippen LogP contribution in [0, 0.1) is 13.8 Å². The van der Waals surface area contributed by atoms with Crippen molar-refractivity contribution in [1.29, 1.82) is 0 Å². The molecule has 7 heteroatoms. The van der Waals surface area contributed by atoms with Crippen LogP contribution in [0.2, 0.25) is 0 Å². The van der Waals surface area contributed by atoms with Crippen LogP contribution in [0.15, 0.2) is 48.5 Å². The monoisotopic (exact) mass is 434 g/mol. The number of hydrogen-bond donors (Lipinski definition) is 1. The Hall–Kier alpha value is -3.35. The molecule has 2 fully saturated rings. The normalized spacial score (nSPS) is 17.6. The summed E-state index contributed by atoms with van der Waals surface area (Å²) in [5.41, 5.74) is 4.02. The van der Waals surface area contributed by atoms with E-state index in [1.807, 2.05) is 62.4 Å². The maximum Gasteiger partial charge on any atom is 0.321 e. The van der Waals surface area contributed by atoms with Crippen LogP contribution in [0.25, 0.3) is 0 Å². The van der Waals surface area contributed by atoms with Crippen LogP contribution < -0.4 is 5.32 Å². The van der Waals surface area contributed by atoms with Crippen molar-refractivity contribution >= 4 is 23.5 Å². The Kier molecular flexibility index (Phi) is 6.44. The van der Waals surface area contributed by atoms with Gasteiger partial charge in [0.2, 0.25) is 0 Å². The van der Waals surface area contributed by atoms with Crippen molar-refractivity contribution in [2.75, 3.05) is 31.5 Å². The lowest BCUT2D eigenvalue weighted by Crippen LogP contribution is -2.59. The number of nitrogens with zero attached hydrogens (tertiary/aromatic N) is 3. The summed E-state index contributed by atoms with van der Waals surface area (Å²) in [6, 6.07) is 15.6. The van der Waals surface area contributed by atoms with E-state index in [1.54, 1.807) is 14.7 Å². The number of carbonyl (C=O) groups is 3. The van der Waals surface area contributed by atoms with E-state index in [2.05, 4.69) is 5.32 Å². The summed E-state index contributed by atoms with van der Waals surface area (Å²) in [7, 11) is 0. The molecule has 4 amide bonds. The molecule has 1 N–H and O–H groups in total. The number of para-hydroxylation sites is 1. The predicted octanol–water partition coefficient (Wildman–Crippen LogP) is 3.17. The zero-order valence-electron chi connectivity index (χ0n) is 18.7. The highest BCUT2D eigenvalue weighted by molar-refractivity contribution is 6.35. The smallest absolute Gasteiger partial charge is 0.321 e. The number of amides is 4. The summed E-state index contributed by atoms with van der Waals surface area (Å²) >= 11 is 0. The third kappa shape index (κ3) is 4.77. The van der Waals surface area contributed by atoms with Crippen molar-refractivity contribution in [3.8, 4) is 0 Å². The molecule has 0 radical (unpaired) electrons. The number of anilines is 1. The molecule has 2 aromatic carbocycles. The summed E-state index contributed by atoms with van der Waals surface area (Å²) in [5, 5.41) is 2.97. The lowest BCUT2D eigenvalue weighted by atomic mass is 10.0. The van der Waals surface area contributed by atoms with Crippen LogP contribution in [-0.4, -0.2) is 64.8 Å². The number of urea groups is 1. The minimum Gasteiger partial charge on any atom is -0.330 e. The van der Waals surface area contributed by atoms with Crippen molar-refractivity contribution in [2.45, 2.75) is 39.3 Å². The van der Waals surface area contributed by atoms with E-state index < -0.39 is 11.8 Å². The lowest BCUT2D eigenvalue weighted by Gasteiger charge is -2.42. The molecule has 0 atom stereocenters. The maximum absolute atomic E-state index is 12.8. The second kappa shape index (κ2) is 9.42. The fourth-order valence-corrected chi connectivity index (χ4v) is 4.39. The highest BCUT2D eigenvalue weighted by Gasteiger charge is 2.38. The highest BCUT2D eigenvalue weighted by Crippen LogP contribution is 2.22. The van der Waals surface area contributed by atoms with Gasteiger partial charge in [0.25, 0.3) is 0 Å². The van der Waals surface area contributed by atoms with Gasteiger partial charge in [-0.15, -0.1) is 0 Å². The van der Waals surface area contributed by atoms with Crippen molar-refractivity contribution in [1.82, 2.24) is 14.7 Å². The first-order chi connectivity index (χ1) is 15.4. The Bertz CT molecular complexity index is 997. The summed E-state index contributed by atoms with van der Waals surface area (Å²) in [6.07, 6.45) is 1.36. The Morgan fingerprint density at radius 2 is 1.59 bits per heavy atom. The third-order valence-corrected chi connectivity index (χ3v) is 6.42. The van der Waals surface area contributed by atoms with Crippen molar-refractivity contribution in [3.05, 3.63) is 65.2 Å². The Morgan fingerprint density at radius 1 is 0.906 bits per heavy atom. The summed E-state index contributed by atoms with van der Waals surface area (Å²) < 4.78 is 0. The van der Waals surface area contributed by atoms with E-state index in [0.717, 1.165) is 16.8 Å². The number of nitrogens with one attached hydrogen (secondary N) is 1. The molecule has 168 valence electrons. The number of piperidine rings is 1. The number of likely N-dealkylation sites (tertiary alicyclic amines) is 1. The van der Waals surface area contributed by atoms with Gasteiger partial charge in [0.15, 0.2) is 0 Å². The van der Waals surface area contributed by atoms with Gasteiger partial charge in [0.1, 0.15) is 0 Å². The number of piperazine rings is 1. The molecule has 0 aliphatic carbocycles. The number of hydrogen-bond acceptors (Lipinski definition) is 3. The fraction of sp³-hybridized carbons (Fsp3) is 0.400. The lowest BCUT2D eigenvalue weighted by molar-refractivity contribution is -0.158. The van der Waals surface area contributed by atoms with Crippen LogP contribution in [0.4, 0.5) is 10.5 Å². The third-order valence-electron chi connectivity index (χ3n) is 6.42. The standard InChI is InChI=1S/C25H30N4O3/c1-18-7-9-20(10-8-18)17-28-15-16-29(24(31)23(28)30)21-11-13-27(14-12-21)25(32)26-22-6-4-3-5-19(22)2/h3-10,21H,11-17H2,1-2H3,(H,26,32). The average molecular weight is 435 g/mol. The van der Waals surface area contributed by atoms with Crippen LogP contribution >= 0.6 is 0 Å². The van der Waals surface area contributed by atoms with Gasteiger partial charge >= 0.3 is 17.8 Å². The van der Waals surface area contributed by atoms with Gasteiger partial charge < -0.3 is 20.0 Å². The van der Waals surface area contributed by atoms with Crippen molar-refractivity contribution < 1.29 is 14.4 Å². The molecule has 7 nitrogen and oxygen atoms in total. The van der Waals surface area contributed by atoms with E-state index in [-0.39, 0.29) is 12.1 Å². The molecule has 0 spiro atoms. The predicted molar refractivity (Wildman–Crippen MR) is 123 cm³/mol. The number of rotatable bonds is 4. The first kappa shape index (κ1) is 21.9. The summed E-state index contributed by atoms with van der Waals surface area (Å²) in [5.74, 6) is -0.859. The summed E-state index contributed by atoms with van der Waals surface area (Å²) in [6.45, 7) is 6.64. The Morgan fingerprint density at radius 3 is 2.28 bits per heavy atom. The highest BCUT2D eigenvalue weighted by atomic mass is 16.2. The Balaban J connectivity index is 1.30. The molecule has 2 saturated heterocycles. The van der Waals surface area contributed by atoms with E-state index in [0.29, 0.717) is 45.6 Å². The average Bonchev–Trinajstić information content (AvgIpc) is 2.80. The molecule has 2 aliphatic rings. The first-order valence-electron chi connectivity index (χ1n) is 11.2. The maximum atomic E-state index is 12.8. The molecule has 0 aromatic heterocycles. The molecule has 32 heavy (non-hydrogen) atoms. The van der Waals surface area contributed by atoms with Gasteiger partial charge in [-0.05, 0) is 43.9 Å². The van der Waals surface area contributed by atoms with E-state index in [9.17, 15) is 14.4 Å². The van der Waals surface area contributed by atoms with E-state index >= 15 is 0 Å². The number of benzene rings is 2. The largest absolute Gasteiger partial charge is 0.330 e. The van der Waals surface area contributed by atoms with Crippen molar-refractivity contribution in [2.24, 2.45) is 0 Å². The first-order valence-corrected chi connectivity index (χ1v) is 11.2. The molecular weight excluding hydrogens is 404 g/mol. The summed E-state index contributed by atoms with van der Waals surface area (Å²) in [4.78, 5) is 43.3. The molecule has 4 rings (SSSR count). The van der Waals surface area contributed by atoms with Crippen LogP contribution in [0.1, 0.15) is 29.5 Å². The van der Waals surface area contributed by atoms with E-state index in [1.165, 1.54) is 5.56 Å². The minimum absolute atomic E-state index is 0.00418. The molecule has 2 aromatic rings. The second-order valence-electron chi connectivity index (χ2n) is 8.67. The van der Waals surface area contributed by atoms with Crippen LogP contribution in [0.5, 0.6) is 0 Å². The Labute approximate surface area is 189 Å². The SMILES string of the molecule is Cc1ccc(CN2CCN(C3CCN(C(=O)Nc4ccccc4C)CC3)C(=O)C2=O)cc1. The molecule has 2 aliphatic heterocycles. The van der Waals surface area contributed by atoms with Crippen LogP contribution in [-0.2, 0) is 16.1 Å². The topological polar surface area (TPSA) is 73.0 Å². The van der Waals surface area contributed by atoms with Gasteiger partial charge in [0.05, 0.1) is 0 Å². The number of carbonyl (C=O) groups excluding carboxylic acids is 3. The minimum atomic E-state index is -0.434. The zero-order valence-corrected chi connectivity index (χ0v) is 18.7. The molecule has 0 unspecified atom stereocenters. The molecular formula is C25H30N4O3.